The van der Waals surface area contributed by atoms with Gasteiger partial charge in [-0.2, -0.15) is 13.2 Å². The highest BCUT2D eigenvalue weighted by atomic mass is 19.4. The summed E-state index contributed by atoms with van der Waals surface area (Å²) in [6, 6.07) is -0.00626. The molecule has 5 heterocycles. The molecule has 6 rings (SSSR count). The van der Waals surface area contributed by atoms with Crippen molar-refractivity contribution in [3.63, 3.8) is 0 Å². The van der Waals surface area contributed by atoms with E-state index in [-0.39, 0.29) is 42.1 Å². The van der Waals surface area contributed by atoms with Crippen LogP contribution >= 0.6 is 0 Å². The topological polar surface area (TPSA) is 100 Å². The average molecular weight is 512 g/mol. The number of aromatic nitrogens is 2. The number of amides is 1. The lowest BCUT2D eigenvalue weighted by Gasteiger charge is -2.43. The Balaban J connectivity index is 1.24. The number of nitrogens with one attached hydrogen (secondary N) is 1. The summed E-state index contributed by atoms with van der Waals surface area (Å²) in [6.07, 6.45) is -0.284. The minimum atomic E-state index is -4.57. The molecule has 1 spiro atoms. The Morgan fingerprint density at radius 2 is 2.14 bits per heavy atom. The van der Waals surface area contributed by atoms with Crippen molar-refractivity contribution in [2.75, 3.05) is 31.8 Å². The van der Waals surface area contributed by atoms with Crippen LogP contribution < -0.4 is 10.2 Å². The second-order valence-electron chi connectivity index (χ2n) is 11.1. The normalized spacial score (nSPS) is 42.1. The van der Waals surface area contributed by atoms with Crippen LogP contribution in [0, 0.1) is 5.41 Å². The molecule has 2 unspecified atom stereocenters. The molecule has 4 aliphatic heterocycles. The van der Waals surface area contributed by atoms with Crippen molar-refractivity contribution in [1.29, 1.82) is 0 Å². The van der Waals surface area contributed by atoms with Crippen LogP contribution in [-0.2, 0) is 20.4 Å². The Morgan fingerprint density at radius 1 is 1.33 bits per heavy atom. The molecular formula is C24H32F3N5O4. The zero-order valence-corrected chi connectivity index (χ0v) is 20.4. The van der Waals surface area contributed by atoms with E-state index in [0.717, 1.165) is 25.1 Å². The fourth-order valence-corrected chi connectivity index (χ4v) is 7.59. The number of carbonyl (C=O) groups excluding carboxylic acids is 1. The van der Waals surface area contributed by atoms with E-state index < -0.39 is 28.9 Å². The number of methoxy groups -OCH3 is 1. The predicted octanol–water partition coefficient (Wildman–Crippen LogP) is 1.35. The van der Waals surface area contributed by atoms with Crippen molar-refractivity contribution >= 4 is 11.9 Å². The summed E-state index contributed by atoms with van der Waals surface area (Å²) in [7, 11) is 1.67. The summed E-state index contributed by atoms with van der Waals surface area (Å²) in [5.41, 5.74) is -3.26. The van der Waals surface area contributed by atoms with Gasteiger partial charge in [0.15, 0.2) is 0 Å². The Morgan fingerprint density at radius 3 is 2.89 bits per heavy atom. The number of hydrogen-bond donors (Lipinski definition) is 2. The molecule has 1 aliphatic carbocycles. The maximum Gasteiger partial charge on any atom is 0.433 e. The summed E-state index contributed by atoms with van der Waals surface area (Å²) in [6.45, 7) is 3.27. The van der Waals surface area contributed by atoms with Crippen molar-refractivity contribution in [3.05, 3.63) is 18.0 Å². The minimum Gasteiger partial charge on any atom is -0.387 e. The number of fused-ring (bicyclic) bond motifs is 5. The molecule has 1 saturated carbocycles. The van der Waals surface area contributed by atoms with E-state index in [2.05, 4.69) is 15.3 Å². The van der Waals surface area contributed by atoms with Gasteiger partial charge < -0.3 is 29.7 Å². The zero-order chi connectivity index (χ0) is 25.5. The van der Waals surface area contributed by atoms with E-state index in [1.807, 2.05) is 4.90 Å². The van der Waals surface area contributed by atoms with Gasteiger partial charge in [0.05, 0.1) is 41.9 Å². The van der Waals surface area contributed by atoms with E-state index in [1.54, 1.807) is 18.9 Å². The third-order valence-electron chi connectivity index (χ3n) is 9.33. The maximum atomic E-state index is 13.9. The van der Waals surface area contributed by atoms with Gasteiger partial charge in [0.25, 0.3) is 0 Å². The van der Waals surface area contributed by atoms with Crippen molar-refractivity contribution in [2.24, 2.45) is 5.41 Å². The molecule has 198 valence electrons. The highest BCUT2D eigenvalue weighted by molar-refractivity contribution is 5.90. The third kappa shape index (κ3) is 3.40. The number of anilines is 1. The van der Waals surface area contributed by atoms with Crippen LogP contribution in [0.25, 0.3) is 0 Å². The van der Waals surface area contributed by atoms with E-state index in [0.29, 0.717) is 39.0 Å². The lowest BCUT2D eigenvalue weighted by molar-refractivity contribution is -0.142. The fourth-order valence-electron chi connectivity index (χ4n) is 7.59. The van der Waals surface area contributed by atoms with Gasteiger partial charge in [-0.05, 0) is 45.1 Å². The molecule has 0 radical (unpaired) electrons. The zero-order valence-electron chi connectivity index (χ0n) is 20.4. The molecule has 0 aromatic carbocycles. The first-order valence-electron chi connectivity index (χ1n) is 12.7. The van der Waals surface area contributed by atoms with Gasteiger partial charge in [0.1, 0.15) is 5.69 Å². The van der Waals surface area contributed by atoms with E-state index in [1.165, 1.54) is 0 Å². The number of halogens is 3. The second-order valence-corrected chi connectivity index (χ2v) is 11.1. The third-order valence-corrected chi connectivity index (χ3v) is 9.33. The number of rotatable bonds is 4. The summed E-state index contributed by atoms with van der Waals surface area (Å²) in [5, 5.41) is 15.7. The molecule has 1 aromatic heterocycles. The first-order chi connectivity index (χ1) is 17.1. The lowest BCUT2D eigenvalue weighted by atomic mass is 9.69. The van der Waals surface area contributed by atoms with Crippen LogP contribution in [0.2, 0.25) is 0 Å². The first kappa shape index (κ1) is 24.3. The number of piperazine rings is 1. The minimum absolute atomic E-state index is 0.00253. The molecule has 5 aliphatic rings. The Kier molecular flexibility index (Phi) is 5.57. The van der Waals surface area contributed by atoms with Crippen molar-refractivity contribution in [1.82, 2.24) is 20.2 Å². The molecule has 5 fully saturated rings. The Bertz CT molecular complexity index is 1040. The maximum absolute atomic E-state index is 13.9. The van der Waals surface area contributed by atoms with Crippen LogP contribution in [0.3, 0.4) is 0 Å². The standard InChI is InChI=1S/C24H32F3N5O4/c1-22(34)19-16-9-14(11-31(16)21-28-7-4-18(30-21)24(25,26)27)32(19)20(33)23(22)6-3-13(10-23)29-15-5-8-36-12-17(15)35-2/h4,7,13-17,19,29,34H,3,5-6,8-12H2,1-2H3/t13-,14+,15+,16+,17-,19?,22?,23-/m1/s1. The van der Waals surface area contributed by atoms with E-state index in [9.17, 15) is 23.1 Å². The largest absolute Gasteiger partial charge is 0.433 e. The highest BCUT2D eigenvalue weighted by Gasteiger charge is 2.74. The van der Waals surface area contributed by atoms with Gasteiger partial charge in [-0.25, -0.2) is 9.97 Å². The van der Waals surface area contributed by atoms with Crippen molar-refractivity contribution in [2.45, 2.75) is 87.1 Å². The summed E-state index contributed by atoms with van der Waals surface area (Å²) in [4.78, 5) is 25.4. The van der Waals surface area contributed by atoms with Gasteiger partial charge >= 0.3 is 6.18 Å². The lowest BCUT2D eigenvalue weighted by Crippen LogP contribution is -2.59. The van der Waals surface area contributed by atoms with Crippen LogP contribution in [0.4, 0.5) is 19.1 Å². The monoisotopic (exact) mass is 511 g/mol. The molecule has 2 bridgehead atoms. The number of nitrogens with zero attached hydrogens (tertiary/aromatic N) is 4. The molecule has 36 heavy (non-hydrogen) atoms. The molecule has 12 heteroatoms. The number of carbonyl (C=O) groups is 1. The predicted molar refractivity (Wildman–Crippen MR) is 121 cm³/mol. The Labute approximate surface area is 207 Å². The van der Waals surface area contributed by atoms with E-state index >= 15 is 0 Å². The van der Waals surface area contributed by atoms with E-state index in [4.69, 9.17) is 9.47 Å². The van der Waals surface area contributed by atoms with Gasteiger partial charge in [-0.1, -0.05) is 0 Å². The molecule has 1 amide bonds. The quantitative estimate of drug-likeness (QED) is 0.625. The van der Waals surface area contributed by atoms with Crippen molar-refractivity contribution in [3.8, 4) is 0 Å². The van der Waals surface area contributed by atoms with Crippen LogP contribution in [-0.4, -0.2) is 94.7 Å². The molecule has 9 nitrogen and oxygen atoms in total. The van der Waals surface area contributed by atoms with Crippen LogP contribution in [0.1, 0.15) is 44.7 Å². The molecular weight excluding hydrogens is 479 g/mol. The SMILES string of the molecule is CO[C@@H]1COCC[C@@H]1N[C@@H]1CC[C@@]2(C1)C(=O)N1C([C@@H]3C[C@H]1CN3c1nccc(C(F)(F)F)n1)C2(C)O. The fraction of sp³-hybridized carbons (Fsp3) is 0.792. The van der Waals surface area contributed by atoms with Crippen molar-refractivity contribution < 1.29 is 32.5 Å². The number of alkyl halides is 3. The van der Waals surface area contributed by atoms with Gasteiger partial charge in [-0.3, -0.25) is 4.79 Å². The highest BCUT2D eigenvalue weighted by Crippen LogP contribution is 2.60. The van der Waals surface area contributed by atoms with Gasteiger partial charge in [-0.15, -0.1) is 0 Å². The average Bonchev–Trinajstić information content (AvgIpc) is 3.60. The smallest absolute Gasteiger partial charge is 0.387 e. The second kappa shape index (κ2) is 8.24. The molecule has 1 aromatic rings. The van der Waals surface area contributed by atoms with Crippen LogP contribution in [0.5, 0.6) is 0 Å². The summed E-state index contributed by atoms with van der Waals surface area (Å²) in [5.74, 6) is -0.0357. The number of aliphatic hydroxyl groups is 1. The molecule has 4 saturated heterocycles. The van der Waals surface area contributed by atoms with Gasteiger partial charge in [0.2, 0.25) is 11.9 Å². The number of hydrogen-bond acceptors (Lipinski definition) is 8. The number of ether oxygens (including phenoxy) is 2. The summed E-state index contributed by atoms with van der Waals surface area (Å²) < 4.78 is 50.9. The molecule has 8 atom stereocenters. The van der Waals surface area contributed by atoms with Crippen LogP contribution in [0.15, 0.2) is 12.3 Å². The van der Waals surface area contributed by atoms with Gasteiger partial charge in [0, 0.05) is 38.5 Å². The Hall–Kier alpha value is -2.02. The summed E-state index contributed by atoms with van der Waals surface area (Å²) >= 11 is 0. The first-order valence-corrected chi connectivity index (χ1v) is 12.7. The molecule has 2 N–H and O–H groups in total.